The second-order valence-electron chi connectivity index (χ2n) is 9.81. The third kappa shape index (κ3) is 4.42. The topological polar surface area (TPSA) is 12.4 Å². The van der Waals surface area contributed by atoms with Gasteiger partial charge in [0, 0.05) is 0 Å². The lowest BCUT2D eigenvalue weighted by atomic mass is 9.84. The first-order valence-corrected chi connectivity index (χ1v) is 13.3. The number of rotatable bonds is 6. The summed E-state index contributed by atoms with van der Waals surface area (Å²) in [4.78, 5) is 4.32. The van der Waals surface area contributed by atoms with Gasteiger partial charge in [0.15, 0.2) is 0 Å². The SMILES string of the molecule is C=NCc1c(-c2ccccc2-c2ccccc2-c2ccccc2C2=CCCCC2)ccc2ccccc12. The van der Waals surface area contributed by atoms with E-state index in [9.17, 15) is 0 Å². The molecule has 5 aromatic carbocycles. The van der Waals surface area contributed by atoms with Crippen molar-refractivity contribution in [3.8, 4) is 33.4 Å². The van der Waals surface area contributed by atoms with Gasteiger partial charge in [-0.25, -0.2) is 0 Å². The van der Waals surface area contributed by atoms with E-state index in [0.717, 1.165) is 6.42 Å². The minimum absolute atomic E-state index is 0.587. The molecule has 0 saturated carbocycles. The number of benzene rings is 5. The first kappa shape index (κ1) is 23.2. The van der Waals surface area contributed by atoms with Crippen LogP contribution in [0, 0.1) is 0 Å². The predicted octanol–water partition coefficient (Wildman–Crippen LogP) is 10.00. The number of hydrogen-bond acceptors (Lipinski definition) is 1. The Morgan fingerprint density at radius 1 is 0.541 bits per heavy atom. The zero-order valence-corrected chi connectivity index (χ0v) is 21.2. The van der Waals surface area contributed by atoms with Crippen LogP contribution in [0.15, 0.2) is 120 Å². The fourth-order valence-corrected chi connectivity index (χ4v) is 5.86. The summed E-state index contributed by atoms with van der Waals surface area (Å²) >= 11 is 0. The first-order valence-electron chi connectivity index (χ1n) is 13.3. The highest BCUT2D eigenvalue weighted by atomic mass is 14.7. The molecule has 0 N–H and O–H groups in total. The average molecular weight is 478 g/mol. The number of hydrogen-bond donors (Lipinski definition) is 0. The van der Waals surface area contributed by atoms with E-state index in [-0.39, 0.29) is 0 Å². The summed E-state index contributed by atoms with van der Waals surface area (Å²) in [5.41, 5.74) is 11.6. The molecule has 0 bridgehead atoms. The van der Waals surface area contributed by atoms with Crippen molar-refractivity contribution >= 4 is 23.1 Å². The Bertz CT molecular complexity index is 1620. The smallest absolute Gasteiger partial charge is 0.0644 e. The van der Waals surface area contributed by atoms with Crippen molar-refractivity contribution < 1.29 is 0 Å². The maximum atomic E-state index is 4.32. The molecule has 6 rings (SSSR count). The molecule has 1 nitrogen and oxygen atoms in total. The Morgan fingerprint density at radius 3 is 1.68 bits per heavy atom. The van der Waals surface area contributed by atoms with Gasteiger partial charge in [0.05, 0.1) is 6.54 Å². The molecule has 0 atom stereocenters. The largest absolute Gasteiger partial charge is 0.296 e. The summed E-state index contributed by atoms with van der Waals surface area (Å²) in [6.45, 7) is 4.42. The number of fused-ring (bicyclic) bond motifs is 1. The van der Waals surface area contributed by atoms with Gasteiger partial charge in [-0.2, -0.15) is 0 Å². The Balaban J connectivity index is 1.57. The van der Waals surface area contributed by atoms with Crippen molar-refractivity contribution in [3.05, 3.63) is 126 Å². The monoisotopic (exact) mass is 477 g/mol. The molecule has 0 spiro atoms. The van der Waals surface area contributed by atoms with Crippen LogP contribution in [-0.4, -0.2) is 6.72 Å². The van der Waals surface area contributed by atoms with E-state index in [1.165, 1.54) is 80.1 Å². The first-order chi connectivity index (χ1) is 18.3. The summed E-state index contributed by atoms with van der Waals surface area (Å²) in [6, 6.07) is 39.7. The van der Waals surface area contributed by atoms with Crippen LogP contribution in [-0.2, 0) is 6.54 Å². The molecule has 37 heavy (non-hydrogen) atoms. The fourth-order valence-electron chi connectivity index (χ4n) is 5.86. The van der Waals surface area contributed by atoms with Crippen LogP contribution in [0.25, 0.3) is 49.7 Å². The maximum Gasteiger partial charge on any atom is 0.0644 e. The van der Waals surface area contributed by atoms with Crippen molar-refractivity contribution in [1.82, 2.24) is 0 Å². The third-order valence-corrected chi connectivity index (χ3v) is 7.60. The normalized spacial score (nSPS) is 13.4. The summed E-state index contributed by atoms with van der Waals surface area (Å²) in [6.07, 6.45) is 7.35. The highest BCUT2D eigenvalue weighted by molar-refractivity contribution is 5.98. The molecule has 5 aromatic rings. The van der Waals surface area contributed by atoms with Crippen molar-refractivity contribution in [3.63, 3.8) is 0 Å². The van der Waals surface area contributed by atoms with E-state index in [1.54, 1.807) is 0 Å². The fraction of sp³-hybridized carbons (Fsp3) is 0.139. The van der Waals surface area contributed by atoms with Gasteiger partial charge < -0.3 is 0 Å². The number of allylic oxidation sites excluding steroid dienone is 2. The second kappa shape index (κ2) is 10.4. The van der Waals surface area contributed by atoms with Crippen molar-refractivity contribution in [1.29, 1.82) is 0 Å². The molecule has 1 heteroatoms. The van der Waals surface area contributed by atoms with Crippen LogP contribution in [0.2, 0.25) is 0 Å². The quantitative estimate of drug-likeness (QED) is 0.216. The van der Waals surface area contributed by atoms with Crippen LogP contribution < -0.4 is 0 Å². The number of nitrogens with zero attached hydrogens (tertiary/aromatic N) is 1. The number of aliphatic imine (C=N–C) groups is 1. The highest BCUT2D eigenvalue weighted by Gasteiger charge is 2.18. The molecule has 0 fully saturated rings. The lowest BCUT2D eigenvalue weighted by Gasteiger charge is -2.20. The second-order valence-corrected chi connectivity index (χ2v) is 9.81. The summed E-state index contributed by atoms with van der Waals surface area (Å²) < 4.78 is 0. The van der Waals surface area contributed by atoms with Crippen LogP contribution in [0.1, 0.15) is 36.8 Å². The zero-order valence-electron chi connectivity index (χ0n) is 21.2. The molecule has 0 saturated heterocycles. The molecule has 0 heterocycles. The molecular weight excluding hydrogens is 446 g/mol. The van der Waals surface area contributed by atoms with Gasteiger partial charge in [-0.15, -0.1) is 0 Å². The van der Waals surface area contributed by atoms with Gasteiger partial charge in [0.1, 0.15) is 0 Å². The van der Waals surface area contributed by atoms with Gasteiger partial charge >= 0.3 is 0 Å². The van der Waals surface area contributed by atoms with Crippen molar-refractivity contribution in [2.75, 3.05) is 0 Å². The molecule has 0 radical (unpaired) electrons. The Kier molecular flexibility index (Phi) is 6.52. The van der Waals surface area contributed by atoms with E-state index >= 15 is 0 Å². The van der Waals surface area contributed by atoms with Crippen LogP contribution in [0.4, 0.5) is 0 Å². The van der Waals surface area contributed by atoms with Crippen LogP contribution in [0.3, 0.4) is 0 Å². The molecule has 0 amide bonds. The van der Waals surface area contributed by atoms with E-state index in [1.807, 2.05) is 0 Å². The van der Waals surface area contributed by atoms with Crippen LogP contribution >= 0.6 is 0 Å². The molecule has 0 aliphatic heterocycles. The lowest BCUT2D eigenvalue weighted by molar-refractivity contribution is 0.742. The van der Waals surface area contributed by atoms with E-state index in [0.29, 0.717) is 6.54 Å². The van der Waals surface area contributed by atoms with Crippen LogP contribution in [0.5, 0.6) is 0 Å². The minimum atomic E-state index is 0.587. The van der Waals surface area contributed by atoms with Gasteiger partial charge in [0.2, 0.25) is 0 Å². The molecule has 0 aromatic heterocycles. The third-order valence-electron chi connectivity index (χ3n) is 7.60. The van der Waals surface area contributed by atoms with Gasteiger partial charge in [-0.3, -0.25) is 4.99 Å². The summed E-state index contributed by atoms with van der Waals surface area (Å²) in [5.74, 6) is 0. The highest BCUT2D eigenvalue weighted by Crippen LogP contribution is 2.43. The molecule has 1 aliphatic rings. The zero-order chi connectivity index (χ0) is 25.0. The average Bonchev–Trinajstić information content (AvgIpc) is 2.98. The van der Waals surface area contributed by atoms with Gasteiger partial charge in [0.25, 0.3) is 0 Å². The van der Waals surface area contributed by atoms with E-state index in [4.69, 9.17) is 0 Å². The van der Waals surface area contributed by atoms with E-state index in [2.05, 4.69) is 127 Å². The van der Waals surface area contributed by atoms with Crippen molar-refractivity contribution in [2.45, 2.75) is 32.2 Å². The predicted molar refractivity (Wildman–Crippen MR) is 160 cm³/mol. The summed E-state index contributed by atoms with van der Waals surface area (Å²) in [7, 11) is 0. The van der Waals surface area contributed by atoms with E-state index < -0.39 is 0 Å². The molecule has 180 valence electrons. The van der Waals surface area contributed by atoms with Gasteiger partial charge in [-0.05, 0) is 93.3 Å². The molecular formula is C36H31N. The molecule has 0 unspecified atom stereocenters. The summed E-state index contributed by atoms with van der Waals surface area (Å²) in [5, 5.41) is 2.47. The van der Waals surface area contributed by atoms with Crippen molar-refractivity contribution in [2.24, 2.45) is 4.99 Å². The van der Waals surface area contributed by atoms with Gasteiger partial charge in [-0.1, -0.05) is 115 Å². The Labute approximate surface area is 219 Å². The Morgan fingerprint density at radius 2 is 1.08 bits per heavy atom. The Hall–Kier alpha value is -4.23. The standard InChI is InChI=1S/C36H31N/c1-37-25-36-29-17-6-5-15-27(29)23-24-35(36)34-22-12-11-21-33(34)32-20-10-9-19-31(32)30-18-8-7-16-28(30)26-13-3-2-4-14-26/h5-13,15-24H,1-4,14,25H2. The molecule has 1 aliphatic carbocycles. The maximum absolute atomic E-state index is 4.32. The minimum Gasteiger partial charge on any atom is -0.296 e. The lowest BCUT2D eigenvalue weighted by Crippen LogP contribution is -1.97.